The van der Waals surface area contributed by atoms with Gasteiger partial charge in [-0.1, -0.05) is 11.6 Å². The van der Waals surface area contributed by atoms with Crippen molar-refractivity contribution in [3.63, 3.8) is 0 Å². The highest BCUT2D eigenvalue weighted by molar-refractivity contribution is 6.30. The molecule has 0 spiro atoms. The SMILES string of the molecule is CN1CCCN(c2ccc(N3CC=NC(C(=O)Nc4ccc(Cl)cn4)=C3C(N)=O)cc2)C1=O. The second-order valence-corrected chi connectivity index (χ2v) is 7.96. The minimum absolute atomic E-state index is 0.0366. The number of benzene rings is 1. The Hall–Kier alpha value is -3.92. The number of halogens is 1. The summed E-state index contributed by atoms with van der Waals surface area (Å²) in [7, 11) is 1.77. The van der Waals surface area contributed by atoms with Gasteiger partial charge >= 0.3 is 6.03 Å². The van der Waals surface area contributed by atoms with Crippen LogP contribution in [0.5, 0.6) is 0 Å². The molecule has 2 aliphatic heterocycles. The average molecular weight is 468 g/mol. The van der Waals surface area contributed by atoms with Gasteiger partial charge in [0, 0.05) is 43.9 Å². The predicted octanol–water partition coefficient (Wildman–Crippen LogP) is 2.22. The van der Waals surface area contributed by atoms with Gasteiger partial charge in [-0.3, -0.25) is 19.5 Å². The normalized spacial score (nSPS) is 16.3. The van der Waals surface area contributed by atoms with Gasteiger partial charge in [-0.15, -0.1) is 0 Å². The highest BCUT2D eigenvalue weighted by Crippen LogP contribution is 2.28. The zero-order valence-corrected chi connectivity index (χ0v) is 18.6. The van der Waals surface area contributed by atoms with Crippen LogP contribution in [-0.2, 0) is 9.59 Å². The number of anilines is 3. The molecule has 3 N–H and O–H groups in total. The lowest BCUT2D eigenvalue weighted by molar-refractivity contribution is -0.116. The van der Waals surface area contributed by atoms with E-state index in [1.165, 1.54) is 18.5 Å². The van der Waals surface area contributed by atoms with Crippen molar-refractivity contribution >= 4 is 52.9 Å². The number of nitrogens with zero attached hydrogens (tertiary/aromatic N) is 5. The number of nitrogens with two attached hydrogens (primary N) is 1. The molecule has 0 bridgehead atoms. The molecule has 1 aromatic heterocycles. The van der Waals surface area contributed by atoms with E-state index in [2.05, 4.69) is 15.3 Å². The second-order valence-electron chi connectivity index (χ2n) is 7.53. The van der Waals surface area contributed by atoms with Crippen molar-refractivity contribution in [2.45, 2.75) is 6.42 Å². The summed E-state index contributed by atoms with van der Waals surface area (Å²) >= 11 is 5.82. The Morgan fingerprint density at radius 1 is 1.06 bits per heavy atom. The van der Waals surface area contributed by atoms with Gasteiger partial charge in [0.1, 0.15) is 11.5 Å². The quantitative estimate of drug-likeness (QED) is 0.697. The first-order chi connectivity index (χ1) is 15.8. The van der Waals surface area contributed by atoms with Gasteiger partial charge in [0.05, 0.1) is 11.6 Å². The van der Waals surface area contributed by atoms with Gasteiger partial charge in [0.15, 0.2) is 5.70 Å². The zero-order chi connectivity index (χ0) is 23.5. The molecule has 10 nitrogen and oxygen atoms in total. The number of hydrogen-bond donors (Lipinski definition) is 2. The Bertz CT molecular complexity index is 1150. The molecule has 1 saturated heterocycles. The Morgan fingerprint density at radius 2 is 1.76 bits per heavy atom. The van der Waals surface area contributed by atoms with E-state index >= 15 is 0 Å². The number of amides is 4. The number of rotatable bonds is 5. The summed E-state index contributed by atoms with van der Waals surface area (Å²) in [4.78, 5) is 50.7. The third kappa shape index (κ3) is 4.65. The van der Waals surface area contributed by atoms with E-state index in [0.717, 1.165) is 18.7 Å². The molecule has 0 aliphatic carbocycles. The first-order valence-corrected chi connectivity index (χ1v) is 10.6. The number of hydrogen-bond acceptors (Lipinski definition) is 6. The fraction of sp³-hybridized carbons (Fsp3) is 0.227. The van der Waals surface area contributed by atoms with Crippen LogP contribution in [0, 0.1) is 0 Å². The molecule has 0 radical (unpaired) electrons. The van der Waals surface area contributed by atoms with Gasteiger partial charge in [0.25, 0.3) is 11.8 Å². The molecule has 1 aromatic carbocycles. The number of nitrogens with one attached hydrogen (secondary N) is 1. The summed E-state index contributed by atoms with van der Waals surface area (Å²) in [6, 6.07) is 10.2. The number of carbonyl (C=O) groups excluding carboxylic acids is 3. The lowest BCUT2D eigenvalue weighted by atomic mass is 10.1. The number of carbonyl (C=O) groups is 3. The summed E-state index contributed by atoms with van der Waals surface area (Å²) in [6.45, 7) is 1.61. The third-order valence-electron chi connectivity index (χ3n) is 5.30. The highest BCUT2D eigenvalue weighted by Gasteiger charge is 2.29. The standard InChI is InChI=1S/C22H22ClN7O3/c1-28-10-2-11-30(22(28)33)16-6-4-15(5-7-16)29-12-9-25-18(19(29)20(24)31)21(32)27-17-8-3-14(23)13-26-17/h3-9,13H,2,10-12H2,1H3,(H2,24,31)(H,26,27,32). The summed E-state index contributed by atoms with van der Waals surface area (Å²) in [5, 5.41) is 3.02. The van der Waals surface area contributed by atoms with E-state index in [0.29, 0.717) is 17.3 Å². The average Bonchev–Trinajstić information content (AvgIpc) is 2.82. The van der Waals surface area contributed by atoms with Crippen LogP contribution in [0.4, 0.5) is 22.0 Å². The Labute approximate surface area is 195 Å². The molecular weight excluding hydrogens is 446 g/mol. The van der Waals surface area contributed by atoms with Gasteiger partial charge in [-0.2, -0.15) is 0 Å². The van der Waals surface area contributed by atoms with Crippen LogP contribution < -0.4 is 20.9 Å². The molecule has 0 unspecified atom stereocenters. The smallest absolute Gasteiger partial charge is 0.324 e. The van der Waals surface area contributed by atoms with Crippen LogP contribution in [0.25, 0.3) is 0 Å². The maximum Gasteiger partial charge on any atom is 0.324 e. The second kappa shape index (κ2) is 9.29. The molecule has 3 heterocycles. The lowest BCUT2D eigenvalue weighted by Gasteiger charge is -2.34. The maximum atomic E-state index is 12.8. The molecule has 2 aromatic rings. The topological polar surface area (TPSA) is 124 Å². The summed E-state index contributed by atoms with van der Waals surface area (Å²) in [5.41, 5.74) is 6.85. The van der Waals surface area contributed by atoms with Gasteiger partial charge < -0.3 is 20.9 Å². The van der Waals surface area contributed by atoms with Crippen LogP contribution >= 0.6 is 11.6 Å². The van der Waals surface area contributed by atoms with E-state index in [1.54, 1.807) is 52.1 Å². The minimum atomic E-state index is -0.794. The molecule has 170 valence electrons. The molecular formula is C22H22ClN7O3. The van der Waals surface area contributed by atoms with E-state index in [4.69, 9.17) is 17.3 Å². The first kappa shape index (κ1) is 22.3. The molecule has 33 heavy (non-hydrogen) atoms. The molecule has 4 rings (SSSR count). The van der Waals surface area contributed by atoms with E-state index in [-0.39, 0.29) is 29.8 Å². The Kier molecular flexibility index (Phi) is 6.27. The lowest BCUT2D eigenvalue weighted by Crippen LogP contribution is -2.47. The zero-order valence-electron chi connectivity index (χ0n) is 17.9. The van der Waals surface area contributed by atoms with Crippen molar-refractivity contribution in [3.05, 3.63) is 59.0 Å². The largest absolute Gasteiger partial charge is 0.364 e. The van der Waals surface area contributed by atoms with E-state index in [1.807, 2.05) is 0 Å². The third-order valence-corrected chi connectivity index (χ3v) is 5.53. The molecule has 4 amide bonds. The van der Waals surface area contributed by atoms with Gasteiger partial charge in [0.2, 0.25) is 0 Å². The predicted molar refractivity (Wildman–Crippen MR) is 126 cm³/mol. The van der Waals surface area contributed by atoms with E-state index < -0.39 is 11.8 Å². The van der Waals surface area contributed by atoms with Gasteiger partial charge in [-0.05, 0) is 42.8 Å². The minimum Gasteiger partial charge on any atom is -0.364 e. The van der Waals surface area contributed by atoms with Crippen molar-refractivity contribution in [3.8, 4) is 0 Å². The van der Waals surface area contributed by atoms with Crippen LogP contribution in [0.2, 0.25) is 5.02 Å². The Balaban J connectivity index is 1.60. The van der Waals surface area contributed by atoms with Gasteiger partial charge in [-0.25, -0.2) is 9.78 Å². The number of aromatic nitrogens is 1. The van der Waals surface area contributed by atoms with Crippen LogP contribution in [0.15, 0.2) is 59.0 Å². The van der Waals surface area contributed by atoms with Crippen LogP contribution in [0.3, 0.4) is 0 Å². The van der Waals surface area contributed by atoms with Crippen LogP contribution in [0.1, 0.15) is 6.42 Å². The molecule has 0 atom stereocenters. The first-order valence-electron chi connectivity index (χ1n) is 10.2. The van der Waals surface area contributed by atoms with Crippen molar-refractivity contribution < 1.29 is 14.4 Å². The van der Waals surface area contributed by atoms with Crippen molar-refractivity contribution in [1.82, 2.24) is 9.88 Å². The molecule has 11 heteroatoms. The molecule has 2 aliphatic rings. The fourth-order valence-electron chi connectivity index (χ4n) is 3.69. The molecule has 0 saturated carbocycles. The Morgan fingerprint density at radius 3 is 2.39 bits per heavy atom. The van der Waals surface area contributed by atoms with Crippen LogP contribution in [-0.4, -0.2) is 60.6 Å². The maximum absolute atomic E-state index is 12.8. The number of primary amides is 1. The number of pyridine rings is 1. The highest BCUT2D eigenvalue weighted by atomic mass is 35.5. The summed E-state index contributed by atoms with van der Waals surface area (Å²) in [6.07, 6.45) is 3.79. The van der Waals surface area contributed by atoms with Crippen molar-refractivity contribution in [1.29, 1.82) is 0 Å². The molecule has 1 fully saturated rings. The summed E-state index contributed by atoms with van der Waals surface area (Å²) < 4.78 is 0. The monoisotopic (exact) mass is 467 g/mol. The van der Waals surface area contributed by atoms with E-state index in [9.17, 15) is 14.4 Å². The number of urea groups is 1. The number of aliphatic imine (C=N–C) groups is 1. The summed E-state index contributed by atoms with van der Waals surface area (Å²) in [5.74, 6) is -1.16. The van der Waals surface area contributed by atoms with Crippen molar-refractivity contribution in [2.24, 2.45) is 10.7 Å². The fourth-order valence-corrected chi connectivity index (χ4v) is 3.80. The van der Waals surface area contributed by atoms with Crippen molar-refractivity contribution in [2.75, 3.05) is 41.8 Å².